The summed E-state index contributed by atoms with van der Waals surface area (Å²) >= 11 is 3.40. The zero-order valence-electron chi connectivity index (χ0n) is 10.9. The Bertz CT molecular complexity index is 436. The smallest absolute Gasteiger partial charge is 0.152 e. The van der Waals surface area contributed by atoms with E-state index < -0.39 is 0 Å². The number of halogens is 1. The van der Waals surface area contributed by atoms with Gasteiger partial charge in [0.25, 0.3) is 0 Å². The van der Waals surface area contributed by atoms with Gasteiger partial charge in [0, 0.05) is 35.9 Å². The van der Waals surface area contributed by atoms with E-state index in [0.717, 1.165) is 35.1 Å². The van der Waals surface area contributed by atoms with Crippen LogP contribution >= 0.6 is 15.9 Å². The van der Waals surface area contributed by atoms with Crippen molar-refractivity contribution in [2.45, 2.75) is 6.42 Å². The minimum absolute atomic E-state index is 0.697. The number of nitrogens with zero attached hydrogens (tertiary/aromatic N) is 2. The van der Waals surface area contributed by atoms with Crippen molar-refractivity contribution in [2.75, 3.05) is 38.6 Å². The molecule has 1 heterocycles. The summed E-state index contributed by atoms with van der Waals surface area (Å²) < 4.78 is 0.947. The second-order valence-electron chi connectivity index (χ2n) is 5.12. The summed E-state index contributed by atoms with van der Waals surface area (Å²) in [6.45, 7) is 3.34. The largest absolute Gasteiger partial charge is 0.374 e. The Morgan fingerprint density at radius 2 is 2.33 bits per heavy atom. The number of likely N-dealkylation sites (tertiary alicyclic amines) is 1. The van der Waals surface area contributed by atoms with Crippen molar-refractivity contribution in [3.8, 4) is 0 Å². The fourth-order valence-corrected chi connectivity index (χ4v) is 3.01. The second kappa shape index (κ2) is 5.85. The van der Waals surface area contributed by atoms with Crippen LogP contribution in [-0.2, 0) is 0 Å². The first-order valence-electron chi connectivity index (χ1n) is 6.24. The predicted molar refractivity (Wildman–Crippen MR) is 78.4 cm³/mol. The normalized spacial score (nSPS) is 20.1. The third-order valence-corrected chi connectivity index (χ3v) is 4.04. The van der Waals surface area contributed by atoms with Crippen molar-refractivity contribution in [2.24, 2.45) is 5.92 Å². The van der Waals surface area contributed by atoms with Gasteiger partial charge in [-0.2, -0.15) is 0 Å². The fraction of sp³-hybridized carbons (Fsp3) is 0.500. The van der Waals surface area contributed by atoms with Crippen molar-refractivity contribution < 1.29 is 4.79 Å². The minimum atomic E-state index is 0.697. The molecule has 1 saturated heterocycles. The molecule has 1 fully saturated rings. The van der Waals surface area contributed by atoms with Gasteiger partial charge in [0.05, 0.1) is 0 Å². The molecule has 0 spiro atoms. The first kappa shape index (κ1) is 13.6. The molecular weight excluding hydrogens is 292 g/mol. The number of carbonyl (C=O) groups is 1. The molecule has 1 aromatic rings. The summed E-state index contributed by atoms with van der Waals surface area (Å²) in [5.41, 5.74) is 1.76. The minimum Gasteiger partial charge on any atom is -0.374 e. The Morgan fingerprint density at radius 1 is 1.56 bits per heavy atom. The van der Waals surface area contributed by atoms with Crippen LogP contribution in [0.5, 0.6) is 0 Å². The number of hydrogen-bond donors (Lipinski definition) is 0. The van der Waals surface area contributed by atoms with E-state index in [4.69, 9.17) is 0 Å². The lowest BCUT2D eigenvalue weighted by Gasteiger charge is -2.24. The number of hydrogen-bond acceptors (Lipinski definition) is 3. The van der Waals surface area contributed by atoms with E-state index in [1.807, 2.05) is 18.2 Å². The number of rotatable bonds is 4. The molecule has 1 aromatic carbocycles. The maximum Gasteiger partial charge on any atom is 0.152 e. The van der Waals surface area contributed by atoms with Crippen LogP contribution in [0, 0.1) is 5.92 Å². The Hall–Kier alpha value is -0.870. The summed E-state index contributed by atoms with van der Waals surface area (Å²) in [5.74, 6) is 0.697. The van der Waals surface area contributed by atoms with Crippen LogP contribution < -0.4 is 4.90 Å². The lowest BCUT2D eigenvalue weighted by molar-refractivity contribution is 0.112. The van der Waals surface area contributed by atoms with Crippen molar-refractivity contribution in [1.82, 2.24) is 4.90 Å². The number of anilines is 1. The van der Waals surface area contributed by atoms with Crippen LogP contribution in [0.2, 0.25) is 0 Å². The summed E-state index contributed by atoms with van der Waals surface area (Å²) in [4.78, 5) is 15.7. The summed E-state index contributed by atoms with van der Waals surface area (Å²) in [7, 11) is 4.23. The SMILES string of the molecule is CN1CCC(CN(C)c2ccc(Br)cc2C=O)C1. The summed E-state index contributed by atoms with van der Waals surface area (Å²) in [6, 6.07) is 5.87. The summed E-state index contributed by atoms with van der Waals surface area (Å²) in [6.07, 6.45) is 2.17. The monoisotopic (exact) mass is 310 g/mol. The Morgan fingerprint density at radius 3 is 2.94 bits per heavy atom. The number of aldehydes is 1. The van der Waals surface area contributed by atoms with Gasteiger partial charge in [-0.05, 0) is 44.1 Å². The average Bonchev–Trinajstić information content (AvgIpc) is 2.74. The van der Waals surface area contributed by atoms with Gasteiger partial charge < -0.3 is 9.80 Å². The van der Waals surface area contributed by atoms with Gasteiger partial charge in [0.1, 0.15) is 0 Å². The molecule has 0 bridgehead atoms. The van der Waals surface area contributed by atoms with Gasteiger partial charge in [-0.15, -0.1) is 0 Å². The predicted octanol–water partition coefficient (Wildman–Crippen LogP) is 2.65. The maximum atomic E-state index is 11.1. The Balaban J connectivity index is 2.08. The lowest BCUT2D eigenvalue weighted by Crippen LogP contribution is -2.27. The molecule has 2 rings (SSSR count). The molecule has 1 unspecified atom stereocenters. The van der Waals surface area contributed by atoms with Gasteiger partial charge in [0.2, 0.25) is 0 Å². The van der Waals surface area contributed by atoms with Crippen molar-refractivity contribution in [3.63, 3.8) is 0 Å². The lowest BCUT2D eigenvalue weighted by atomic mass is 10.1. The highest BCUT2D eigenvalue weighted by atomic mass is 79.9. The van der Waals surface area contributed by atoms with Crippen molar-refractivity contribution in [3.05, 3.63) is 28.2 Å². The standard InChI is InChI=1S/C14H19BrN2O/c1-16-6-5-11(8-16)9-17(2)14-4-3-13(15)7-12(14)10-18/h3-4,7,10-11H,5-6,8-9H2,1-2H3. The van der Waals surface area contributed by atoms with Gasteiger partial charge in [-0.1, -0.05) is 15.9 Å². The zero-order chi connectivity index (χ0) is 13.1. The van der Waals surface area contributed by atoms with E-state index in [2.05, 4.69) is 39.8 Å². The molecule has 0 amide bonds. The van der Waals surface area contributed by atoms with E-state index in [1.165, 1.54) is 13.0 Å². The highest BCUT2D eigenvalue weighted by Gasteiger charge is 2.21. The molecule has 0 radical (unpaired) electrons. The topological polar surface area (TPSA) is 23.6 Å². The van der Waals surface area contributed by atoms with Crippen LogP contribution in [0.4, 0.5) is 5.69 Å². The molecule has 1 aliphatic heterocycles. The van der Waals surface area contributed by atoms with Crippen molar-refractivity contribution in [1.29, 1.82) is 0 Å². The quantitative estimate of drug-likeness (QED) is 0.799. The third kappa shape index (κ3) is 3.12. The van der Waals surface area contributed by atoms with Crippen LogP contribution in [0.15, 0.2) is 22.7 Å². The highest BCUT2D eigenvalue weighted by Crippen LogP contribution is 2.24. The van der Waals surface area contributed by atoms with Crippen LogP contribution in [-0.4, -0.2) is 44.9 Å². The molecule has 0 aromatic heterocycles. The van der Waals surface area contributed by atoms with E-state index in [1.54, 1.807) is 0 Å². The number of benzene rings is 1. The molecule has 0 N–H and O–H groups in total. The van der Waals surface area contributed by atoms with Gasteiger partial charge >= 0.3 is 0 Å². The second-order valence-corrected chi connectivity index (χ2v) is 6.03. The molecule has 0 saturated carbocycles. The van der Waals surface area contributed by atoms with Crippen LogP contribution in [0.25, 0.3) is 0 Å². The molecule has 1 aliphatic rings. The molecule has 0 aliphatic carbocycles. The summed E-state index contributed by atoms with van der Waals surface area (Å²) in [5, 5.41) is 0. The average molecular weight is 311 g/mol. The first-order valence-corrected chi connectivity index (χ1v) is 7.04. The highest BCUT2D eigenvalue weighted by molar-refractivity contribution is 9.10. The maximum absolute atomic E-state index is 11.1. The van der Waals surface area contributed by atoms with E-state index >= 15 is 0 Å². The first-order chi connectivity index (χ1) is 8.60. The van der Waals surface area contributed by atoms with Gasteiger partial charge in [-0.25, -0.2) is 0 Å². The molecule has 18 heavy (non-hydrogen) atoms. The van der Waals surface area contributed by atoms with Crippen LogP contribution in [0.3, 0.4) is 0 Å². The van der Waals surface area contributed by atoms with E-state index in [9.17, 15) is 4.79 Å². The van der Waals surface area contributed by atoms with E-state index in [0.29, 0.717) is 5.92 Å². The molecule has 1 atom stereocenters. The van der Waals surface area contributed by atoms with Crippen LogP contribution in [0.1, 0.15) is 16.8 Å². The van der Waals surface area contributed by atoms with Crippen molar-refractivity contribution >= 4 is 27.9 Å². The zero-order valence-corrected chi connectivity index (χ0v) is 12.5. The number of carbonyl (C=O) groups excluding carboxylic acids is 1. The third-order valence-electron chi connectivity index (χ3n) is 3.55. The van der Waals surface area contributed by atoms with Gasteiger partial charge in [0.15, 0.2) is 6.29 Å². The molecule has 98 valence electrons. The molecular formula is C14H19BrN2O. The molecule has 3 nitrogen and oxygen atoms in total. The molecule has 4 heteroatoms. The Kier molecular flexibility index (Phi) is 4.40. The van der Waals surface area contributed by atoms with Gasteiger partial charge in [-0.3, -0.25) is 4.79 Å². The fourth-order valence-electron chi connectivity index (χ4n) is 2.63. The Labute approximate surface area is 117 Å². The van der Waals surface area contributed by atoms with E-state index in [-0.39, 0.29) is 0 Å².